The highest BCUT2D eigenvalue weighted by Gasteiger charge is 2.26. The fourth-order valence-electron chi connectivity index (χ4n) is 2.43. The maximum Gasteiger partial charge on any atom is 0.318 e. The van der Waals surface area contributed by atoms with E-state index in [-0.39, 0.29) is 5.91 Å². The van der Waals surface area contributed by atoms with Crippen LogP contribution in [0, 0.1) is 0 Å². The average Bonchev–Trinajstić information content (AvgIpc) is 2.46. The van der Waals surface area contributed by atoms with Gasteiger partial charge in [0.25, 0.3) is 0 Å². The number of imide groups is 1. The van der Waals surface area contributed by atoms with E-state index in [0.29, 0.717) is 18.8 Å². The van der Waals surface area contributed by atoms with Gasteiger partial charge in [-0.15, -0.1) is 0 Å². The summed E-state index contributed by atoms with van der Waals surface area (Å²) in [5.41, 5.74) is 12.5. The van der Waals surface area contributed by atoms with Gasteiger partial charge in [0.2, 0.25) is 5.91 Å². The number of amides is 3. The molecular weight excluding hydrogens is 272 g/mol. The second-order valence-corrected chi connectivity index (χ2v) is 4.99. The van der Waals surface area contributed by atoms with Crippen LogP contribution >= 0.6 is 0 Å². The van der Waals surface area contributed by atoms with E-state index in [1.165, 1.54) is 0 Å². The number of rotatable bonds is 3. The van der Waals surface area contributed by atoms with Gasteiger partial charge in [0, 0.05) is 32.4 Å². The third kappa shape index (κ3) is 3.60. The highest BCUT2D eigenvalue weighted by molar-refractivity contribution is 5.96. The Labute approximate surface area is 123 Å². The smallest absolute Gasteiger partial charge is 0.318 e. The van der Waals surface area contributed by atoms with Gasteiger partial charge in [-0.3, -0.25) is 20.0 Å². The Morgan fingerprint density at radius 2 is 2.00 bits per heavy atom. The lowest BCUT2D eigenvalue weighted by atomic mass is 10.2. The first-order valence-electron chi connectivity index (χ1n) is 6.78. The Balaban J connectivity index is 1.93. The van der Waals surface area contributed by atoms with E-state index >= 15 is 0 Å². The Bertz CT molecular complexity index is 527. The Hall–Kier alpha value is -2.35. The van der Waals surface area contributed by atoms with Crippen LogP contribution in [-0.2, 0) is 4.79 Å². The molecule has 0 saturated carbocycles. The molecule has 1 saturated heterocycles. The summed E-state index contributed by atoms with van der Waals surface area (Å²) in [6.45, 7) is 4.67. The van der Waals surface area contributed by atoms with E-state index in [0.717, 1.165) is 18.8 Å². The lowest BCUT2D eigenvalue weighted by molar-refractivity contribution is -0.124. The first kappa shape index (κ1) is 15.0. The van der Waals surface area contributed by atoms with Crippen molar-refractivity contribution in [2.45, 2.75) is 13.0 Å². The number of piperazine rings is 1. The molecule has 2 rings (SSSR count). The molecule has 1 aliphatic rings. The molecule has 0 radical (unpaired) electrons. The summed E-state index contributed by atoms with van der Waals surface area (Å²) in [5.74, 6) is -0.376. The molecule has 0 aliphatic carbocycles. The largest absolute Gasteiger partial charge is 0.396 e. The number of pyridine rings is 1. The molecule has 3 amide bonds. The quantitative estimate of drug-likeness (QED) is 0.682. The Morgan fingerprint density at radius 1 is 1.33 bits per heavy atom. The molecule has 1 aliphatic heterocycles. The van der Waals surface area contributed by atoms with E-state index in [4.69, 9.17) is 11.5 Å². The molecule has 1 fully saturated rings. The van der Waals surface area contributed by atoms with Crippen LogP contribution in [0.3, 0.4) is 0 Å². The number of primary amides is 1. The van der Waals surface area contributed by atoms with Gasteiger partial charge in [-0.05, 0) is 13.0 Å². The lowest BCUT2D eigenvalue weighted by Gasteiger charge is -2.38. The fourth-order valence-corrected chi connectivity index (χ4v) is 2.43. The minimum absolute atomic E-state index is 0.376. The molecule has 8 nitrogen and oxygen atoms in total. The third-order valence-electron chi connectivity index (χ3n) is 3.66. The number of hydrogen-bond acceptors (Lipinski definition) is 6. The van der Waals surface area contributed by atoms with Gasteiger partial charge in [0.05, 0.1) is 23.6 Å². The van der Waals surface area contributed by atoms with Crippen LogP contribution in [0.1, 0.15) is 6.92 Å². The van der Waals surface area contributed by atoms with Crippen LogP contribution in [-0.4, -0.2) is 54.0 Å². The van der Waals surface area contributed by atoms with Gasteiger partial charge >= 0.3 is 6.03 Å². The van der Waals surface area contributed by atoms with E-state index in [2.05, 4.69) is 15.2 Å². The number of carbonyl (C=O) groups excluding carboxylic acids is 2. The summed E-state index contributed by atoms with van der Waals surface area (Å²) in [6.07, 6.45) is 3.34. The number of anilines is 2. The van der Waals surface area contributed by atoms with Gasteiger partial charge in [0.1, 0.15) is 0 Å². The zero-order chi connectivity index (χ0) is 15.4. The number of hydrogen-bond donors (Lipinski definition) is 3. The van der Waals surface area contributed by atoms with Gasteiger partial charge in [-0.2, -0.15) is 0 Å². The van der Waals surface area contributed by atoms with Crippen molar-refractivity contribution in [1.29, 1.82) is 0 Å². The molecule has 1 aromatic heterocycles. The molecule has 1 aromatic rings. The van der Waals surface area contributed by atoms with Crippen LogP contribution in [0.25, 0.3) is 0 Å². The van der Waals surface area contributed by atoms with Crippen molar-refractivity contribution in [2.24, 2.45) is 5.73 Å². The Kier molecular flexibility index (Phi) is 4.59. The first-order chi connectivity index (χ1) is 9.99. The molecule has 8 heteroatoms. The van der Waals surface area contributed by atoms with Crippen molar-refractivity contribution in [2.75, 3.05) is 36.8 Å². The van der Waals surface area contributed by atoms with Crippen molar-refractivity contribution >= 4 is 23.3 Å². The standard InChI is InChI=1S/C13H20N6O2/c1-9(12(20)17-13(15)21)18-4-6-19(7-5-18)11-2-3-16-8-10(11)14/h2-3,8-9H,4-7,14H2,1H3,(H3,15,17,20,21). The molecule has 0 spiro atoms. The summed E-state index contributed by atoms with van der Waals surface area (Å²) in [6, 6.07) is 0.665. The number of nitrogen functional groups attached to an aromatic ring is 1. The fraction of sp³-hybridized carbons (Fsp3) is 0.462. The number of aromatic nitrogens is 1. The van der Waals surface area contributed by atoms with Gasteiger partial charge in [-0.1, -0.05) is 0 Å². The summed E-state index contributed by atoms with van der Waals surface area (Å²) in [4.78, 5) is 30.6. The average molecular weight is 292 g/mol. The maximum atomic E-state index is 11.8. The predicted molar refractivity (Wildman–Crippen MR) is 79.6 cm³/mol. The molecule has 2 heterocycles. The number of carbonyl (C=O) groups is 2. The SMILES string of the molecule is CC(C(=O)NC(N)=O)N1CCN(c2ccncc2N)CC1. The van der Waals surface area contributed by atoms with Gasteiger partial charge in [0.15, 0.2) is 0 Å². The predicted octanol–water partition coefficient (Wildman–Crippen LogP) is -0.631. The molecular formula is C13H20N6O2. The number of urea groups is 1. The number of nitrogens with two attached hydrogens (primary N) is 2. The van der Waals surface area contributed by atoms with Crippen LogP contribution in [0.15, 0.2) is 18.5 Å². The monoisotopic (exact) mass is 292 g/mol. The second kappa shape index (κ2) is 6.40. The van der Waals surface area contributed by atoms with Crippen molar-refractivity contribution in [3.05, 3.63) is 18.5 Å². The van der Waals surface area contributed by atoms with Crippen molar-refractivity contribution in [3.8, 4) is 0 Å². The molecule has 5 N–H and O–H groups in total. The van der Waals surface area contributed by atoms with Crippen molar-refractivity contribution < 1.29 is 9.59 Å². The topological polar surface area (TPSA) is 118 Å². The van der Waals surface area contributed by atoms with Crippen molar-refractivity contribution in [3.63, 3.8) is 0 Å². The highest BCUT2D eigenvalue weighted by Crippen LogP contribution is 2.22. The Morgan fingerprint density at radius 3 is 2.57 bits per heavy atom. The van der Waals surface area contributed by atoms with E-state index in [1.54, 1.807) is 19.3 Å². The molecule has 114 valence electrons. The molecule has 1 unspecified atom stereocenters. The molecule has 21 heavy (non-hydrogen) atoms. The van der Waals surface area contributed by atoms with Crippen LogP contribution < -0.4 is 21.7 Å². The molecule has 1 atom stereocenters. The second-order valence-electron chi connectivity index (χ2n) is 4.99. The van der Waals surface area contributed by atoms with E-state index < -0.39 is 12.1 Å². The molecule has 0 aromatic carbocycles. The highest BCUT2D eigenvalue weighted by atomic mass is 16.2. The summed E-state index contributed by atoms with van der Waals surface area (Å²) >= 11 is 0. The van der Waals surface area contributed by atoms with Crippen molar-refractivity contribution in [1.82, 2.24) is 15.2 Å². The van der Waals surface area contributed by atoms with E-state index in [9.17, 15) is 9.59 Å². The maximum absolute atomic E-state index is 11.8. The van der Waals surface area contributed by atoms with Gasteiger partial charge in [-0.25, -0.2) is 4.79 Å². The zero-order valence-corrected chi connectivity index (χ0v) is 12.0. The molecule has 0 bridgehead atoms. The van der Waals surface area contributed by atoms with Crippen LogP contribution in [0.5, 0.6) is 0 Å². The summed E-state index contributed by atoms with van der Waals surface area (Å²) in [5, 5.41) is 2.11. The number of nitrogens with zero attached hydrogens (tertiary/aromatic N) is 3. The number of nitrogens with one attached hydrogen (secondary N) is 1. The third-order valence-corrected chi connectivity index (χ3v) is 3.66. The van der Waals surface area contributed by atoms with E-state index in [1.807, 2.05) is 11.0 Å². The normalized spacial score (nSPS) is 17.3. The van der Waals surface area contributed by atoms with Crippen LogP contribution in [0.2, 0.25) is 0 Å². The first-order valence-corrected chi connectivity index (χ1v) is 6.78. The minimum Gasteiger partial charge on any atom is -0.396 e. The summed E-state index contributed by atoms with van der Waals surface area (Å²) < 4.78 is 0. The zero-order valence-electron chi connectivity index (χ0n) is 12.0. The lowest BCUT2D eigenvalue weighted by Crippen LogP contribution is -2.55. The van der Waals surface area contributed by atoms with Gasteiger partial charge < -0.3 is 16.4 Å². The summed E-state index contributed by atoms with van der Waals surface area (Å²) in [7, 11) is 0. The minimum atomic E-state index is -0.824. The van der Waals surface area contributed by atoms with Crippen LogP contribution in [0.4, 0.5) is 16.2 Å².